The standard InChI is InChI=1S/C15H21N5O2S/c1-11(12-6-4-5-7-13(12)22-3)20(2)15(21)16-8-9-23-14-17-10-18-19-14/h4-7,10-11H,8-9H2,1-3H3,(H,16,21)(H,17,18,19)/t11-/m0/s1. The van der Waals surface area contributed by atoms with E-state index in [-0.39, 0.29) is 12.1 Å². The van der Waals surface area contributed by atoms with Crippen LogP contribution in [0.2, 0.25) is 0 Å². The SMILES string of the molecule is COc1ccccc1[C@H](C)N(C)C(=O)NCCSc1ncn[nH]1. The molecule has 23 heavy (non-hydrogen) atoms. The molecule has 2 N–H and O–H groups in total. The summed E-state index contributed by atoms with van der Waals surface area (Å²) >= 11 is 1.51. The van der Waals surface area contributed by atoms with Crippen LogP contribution in [0.4, 0.5) is 4.79 Å². The van der Waals surface area contributed by atoms with E-state index >= 15 is 0 Å². The van der Waals surface area contributed by atoms with Crippen molar-refractivity contribution in [2.24, 2.45) is 0 Å². The van der Waals surface area contributed by atoms with Crippen molar-refractivity contribution in [1.82, 2.24) is 25.4 Å². The molecule has 1 atom stereocenters. The maximum atomic E-state index is 12.2. The van der Waals surface area contributed by atoms with Gasteiger partial charge in [-0.3, -0.25) is 5.10 Å². The predicted molar refractivity (Wildman–Crippen MR) is 89.7 cm³/mol. The Morgan fingerprint density at radius 2 is 2.26 bits per heavy atom. The number of rotatable bonds is 7. The number of nitrogens with zero attached hydrogens (tertiary/aromatic N) is 3. The van der Waals surface area contributed by atoms with Crippen molar-refractivity contribution in [3.05, 3.63) is 36.2 Å². The fourth-order valence-electron chi connectivity index (χ4n) is 2.09. The maximum Gasteiger partial charge on any atom is 0.317 e. The molecule has 2 amide bonds. The van der Waals surface area contributed by atoms with Crippen LogP contribution in [-0.4, -0.2) is 52.6 Å². The van der Waals surface area contributed by atoms with Crippen LogP contribution in [0.1, 0.15) is 18.5 Å². The largest absolute Gasteiger partial charge is 0.496 e. The minimum absolute atomic E-state index is 0.0897. The van der Waals surface area contributed by atoms with Crippen molar-refractivity contribution in [3.63, 3.8) is 0 Å². The third-order valence-corrected chi connectivity index (χ3v) is 4.38. The van der Waals surface area contributed by atoms with E-state index in [9.17, 15) is 4.79 Å². The molecule has 1 aromatic carbocycles. The van der Waals surface area contributed by atoms with Gasteiger partial charge in [0.2, 0.25) is 0 Å². The molecule has 7 nitrogen and oxygen atoms in total. The van der Waals surface area contributed by atoms with Crippen LogP contribution in [-0.2, 0) is 0 Å². The van der Waals surface area contributed by atoms with Gasteiger partial charge in [-0.1, -0.05) is 30.0 Å². The Balaban J connectivity index is 1.83. The van der Waals surface area contributed by atoms with Gasteiger partial charge in [0.25, 0.3) is 0 Å². The van der Waals surface area contributed by atoms with E-state index in [0.717, 1.165) is 22.2 Å². The number of amides is 2. The number of aromatic nitrogens is 3. The molecule has 1 heterocycles. The fraction of sp³-hybridized carbons (Fsp3) is 0.400. The number of thioether (sulfide) groups is 1. The van der Waals surface area contributed by atoms with Crippen molar-refractivity contribution < 1.29 is 9.53 Å². The van der Waals surface area contributed by atoms with E-state index in [1.807, 2.05) is 31.2 Å². The van der Waals surface area contributed by atoms with Crippen LogP contribution < -0.4 is 10.1 Å². The molecule has 1 aromatic heterocycles. The molecular formula is C15H21N5O2S. The molecule has 0 unspecified atom stereocenters. The third-order valence-electron chi connectivity index (χ3n) is 3.50. The van der Waals surface area contributed by atoms with Crippen molar-refractivity contribution >= 4 is 17.8 Å². The molecule has 2 rings (SSSR count). The Kier molecular flexibility index (Phi) is 6.28. The van der Waals surface area contributed by atoms with Crippen LogP contribution in [0.25, 0.3) is 0 Å². The Labute approximate surface area is 139 Å². The van der Waals surface area contributed by atoms with E-state index in [2.05, 4.69) is 20.5 Å². The highest BCUT2D eigenvalue weighted by Crippen LogP contribution is 2.27. The molecule has 0 aliphatic carbocycles. The van der Waals surface area contributed by atoms with E-state index in [1.165, 1.54) is 18.1 Å². The second-order valence-electron chi connectivity index (χ2n) is 4.90. The summed E-state index contributed by atoms with van der Waals surface area (Å²) in [6, 6.07) is 7.50. The van der Waals surface area contributed by atoms with Gasteiger partial charge >= 0.3 is 6.03 Å². The number of H-pyrrole nitrogens is 1. The van der Waals surface area contributed by atoms with Gasteiger partial charge in [0.15, 0.2) is 5.16 Å². The molecule has 124 valence electrons. The number of para-hydroxylation sites is 1. The summed E-state index contributed by atoms with van der Waals surface area (Å²) in [4.78, 5) is 17.9. The van der Waals surface area contributed by atoms with Gasteiger partial charge < -0.3 is 15.0 Å². The van der Waals surface area contributed by atoms with Crippen LogP contribution in [0.3, 0.4) is 0 Å². The van der Waals surface area contributed by atoms with Gasteiger partial charge in [-0.2, -0.15) is 5.10 Å². The Morgan fingerprint density at radius 1 is 1.48 bits per heavy atom. The first-order valence-corrected chi connectivity index (χ1v) is 8.23. The van der Waals surface area contributed by atoms with Crippen LogP contribution in [0, 0.1) is 0 Å². The predicted octanol–water partition coefficient (Wildman–Crippen LogP) is 2.31. The average molecular weight is 335 g/mol. The summed E-state index contributed by atoms with van der Waals surface area (Å²) in [5, 5.41) is 10.2. The summed E-state index contributed by atoms with van der Waals surface area (Å²) in [5.41, 5.74) is 0.976. The van der Waals surface area contributed by atoms with Crippen LogP contribution in [0.5, 0.6) is 5.75 Å². The highest BCUT2D eigenvalue weighted by Gasteiger charge is 2.19. The number of hydrogen-bond donors (Lipinski definition) is 2. The molecule has 0 saturated carbocycles. The first kappa shape index (κ1) is 17.1. The summed E-state index contributed by atoms with van der Waals surface area (Å²) < 4.78 is 5.36. The smallest absolute Gasteiger partial charge is 0.317 e. The van der Waals surface area contributed by atoms with Gasteiger partial charge in [0.05, 0.1) is 13.2 Å². The normalized spacial score (nSPS) is 11.8. The second-order valence-corrected chi connectivity index (χ2v) is 5.98. The lowest BCUT2D eigenvalue weighted by Gasteiger charge is -2.26. The molecule has 0 saturated heterocycles. The molecule has 0 fully saturated rings. The number of ether oxygens (including phenoxy) is 1. The zero-order valence-electron chi connectivity index (χ0n) is 13.4. The topological polar surface area (TPSA) is 83.1 Å². The number of aromatic amines is 1. The van der Waals surface area contributed by atoms with Crippen molar-refractivity contribution in [3.8, 4) is 5.75 Å². The third kappa shape index (κ3) is 4.62. The number of hydrogen-bond acceptors (Lipinski definition) is 5. The number of urea groups is 1. The lowest BCUT2D eigenvalue weighted by molar-refractivity contribution is 0.194. The minimum Gasteiger partial charge on any atom is -0.496 e. The summed E-state index contributed by atoms with van der Waals surface area (Å²) in [7, 11) is 3.41. The summed E-state index contributed by atoms with van der Waals surface area (Å²) in [6.07, 6.45) is 1.46. The monoisotopic (exact) mass is 335 g/mol. The zero-order chi connectivity index (χ0) is 16.7. The number of carbonyl (C=O) groups is 1. The van der Waals surface area contributed by atoms with Gasteiger partial charge in [-0.15, -0.1) is 0 Å². The lowest BCUT2D eigenvalue weighted by Crippen LogP contribution is -2.39. The molecule has 0 bridgehead atoms. The molecule has 0 spiro atoms. The quantitative estimate of drug-likeness (QED) is 0.599. The highest BCUT2D eigenvalue weighted by atomic mass is 32.2. The Bertz CT molecular complexity index is 620. The van der Waals surface area contributed by atoms with Crippen LogP contribution >= 0.6 is 11.8 Å². The van der Waals surface area contributed by atoms with Crippen molar-refractivity contribution in [2.45, 2.75) is 18.1 Å². The molecule has 0 aliphatic heterocycles. The molecule has 2 aromatic rings. The van der Waals surface area contributed by atoms with E-state index in [1.54, 1.807) is 19.1 Å². The number of methoxy groups -OCH3 is 1. The van der Waals surface area contributed by atoms with Gasteiger partial charge in [0, 0.05) is 24.9 Å². The van der Waals surface area contributed by atoms with Crippen LogP contribution in [0.15, 0.2) is 35.7 Å². The van der Waals surface area contributed by atoms with Gasteiger partial charge in [-0.25, -0.2) is 9.78 Å². The van der Waals surface area contributed by atoms with E-state index in [4.69, 9.17) is 4.74 Å². The van der Waals surface area contributed by atoms with Gasteiger partial charge in [-0.05, 0) is 13.0 Å². The summed E-state index contributed by atoms with van der Waals surface area (Å²) in [6.45, 7) is 2.52. The molecule has 0 aliphatic rings. The first-order valence-electron chi connectivity index (χ1n) is 7.25. The number of carbonyl (C=O) groups excluding carboxylic acids is 1. The zero-order valence-corrected chi connectivity index (χ0v) is 14.3. The fourth-order valence-corrected chi connectivity index (χ4v) is 2.73. The molecule has 0 radical (unpaired) electrons. The Hall–Kier alpha value is -2.22. The van der Waals surface area contributed by atoms with Crippen molar-refractivity contribution in [2.75, 3.05) is 26.5 Å². The highest BCUT2D eigenvalue weighted by molar-refractivity contribution is 7.99. The minimum atomic E-state index is -0.124. The van der Waals surface area contributed by atoms with Gasteiger partial charge in [0.1, 0.15) is 12.1 Å². The molecular weight excluding hydrogens is 314 g/mol. The number of nitrogens with one attached hydrogen (secondary N) is 2. The average Bonchev–Trinajstić information content (AvgIpc) is 3.10. The summed E-state index contributed by atoms with van der Waals surface area (Å²) in [5.74, 6) is 1.50. The second kappa shape index (κ2) is 8.42. The maximum absolute atomic E-state index is 12.2. The van der Waals surface area contributed by atoms with E-state index in [0.29, 0.717) is 6.54 Å². The van der Waals surface area contributed by atoms with E-state index < -0.39 is 0 Å². The Morgan fingerprint density at radius 3 is 2.96 bits per heavy atom. The lowest BCUT2D eigenvalue weighted by atomic mass is 10.1. The molecule has 8 heteroatoms. The number of benzene rings is 1. The van der Waals surface area contributed by atoms with Crippen molar-refractivity contribution in [1.29, 1.82) is 0 Å². The first-order chi connectivity index (χ1) is 11.1.